The number of benzene rings is 2. The first kappa shape index (κ1) is 36.6. The number of hydrogen-bond donors (Lipinski definition) is 3. The molecular weight excluding hydrogens is 677 g/mol. The van der Waals surface area contributed by atoms with Crippen LogP contribution in [0.2, 0.25) is 0 Å². The number of nitrogens with one attached hydrogen (secondary N) is 1. The summed E-state index contributed by atoms with van der Waals surface area (Å²) in [7, 11) is -5.79. The fourth-order valence-electron chi connectivity index (χ4n) is 6.46. The van der Waals surface area contributed by atoms with Gasteiger partial charge in [0.05, 0.1) is 11.4 Å². The van der Waals surface area contributed by atoms with Gasteiger partial charge in [-0.2, -0.15) is 8.78 Å². The second-order valence-electron chi connectivity index (χ2n) is 13.8. The highest BCUT2D eigenvalue weighted by molar-refractivity contribution is 7.52. The van der Waals surface area contributed by atoms with Gasteiger partial charge in [-0.3, -0.25) is 23.7 Å². The molecule has 4 amide bonds. The molecule has 15 heteroatoms. The first-order valence-corrected chi connectivity index (χ1v) is 18.5. The minimum absolute atomic E-state index is 0.0229. The molecule has 264 valence electrons. The van der Waals surface area contributed by atoms with Crippen LogP contribution < -0.4 is 5.32 Å². The maximum absolute atomic E-state index is 14.4. The summed E-state index contributed by atoms with van der Waals surface area (Å²) >= 11 is 0.977. The first-order valence-electron chi connectivity index (χ1n) is 16.1. The van der Waals surface area contributed by atoms with Crippen molar-refractivity contribution in [1.82, 2.24) is 20.0 Å². The zero-order chi connectivity index (χ0) is 35.9. The number of likely N-dealkylation sites (tertiary alicyclic amines) is 1. The van der Waals surface area contributed by atoms with E-state index in [1.807, 2.05) is 30.3 Å². The Morgan fingerprint density at radius 3 is 2.29 bits per heavy atom. The lowest BCUT2D eigenvalue weighted by Gasteiger charge is -2.45. The Morgan fingerprint density at radius 2 is 1.65 bits per heavy atom. The van der Waals surface area contributed by atoms with Gasteiger partial charge in [0, 0.05) is 49.3 Å². The molecule has 0 bridgehead atoms. The Balaban J connectivity index is 1.39. The summed E-state index contributed by atoms with van der Waals surface area (Å²) in [5.41, 5.74) is -4.99. The molecule has 2 aromatic carbocycles. The van der Waals surface area contributed by atoms with Crippen LogP contribution in [0.5, 0.6) is 0 Å². The lowest BCUT2D eigenvalue weighted by Crippen LogP contribution is -2.66. The van der Waals surface area contributed by atoms with Crippen molar-refractivity contribution >= 4 is 52.6 Å². The number of carbonyl (C=O) groups is 4. The molecular formula is C34H41F2N4O7PS. The molecule has 2 aliphatic heterocycles. The minimum atomic E-state index is -5.79. The van der Waals surface area contributed by atoms with Crippen molar-refractivity contribution in [2.45, 2.75) is 64.2 Å². The fourth-order valence-corrected chi connectivity index (χ4v) is 7.88. The highest BCUT2D eigenvalue weighted by Gasteiger charge is 2.50. The number of rotatable bonds is 7. The average Bonchev–Trinajstić information content (AvgIpc) is 3.49. The molecule has 0 spiro atoms. The van der Waals surface area contributed by atoms with Crippen LogP contribution >= 0.6 is 18.9 Å². The molecule has 0 aliphatic carbocycles. The molecule has 11 nitrogen and oxygen atoms in total. The van der Waals surface area contributed by atoms with Crippen molar-refractivity contribution in [3.05, 3.63) is 70.6 Å². The number of alkyl halides is 2. The van der Waals surface area contributed by atoms with Gasteiger partial charge in [0.2, 0.25) is 17.7 Å². The van der Waals surface area contributed by atoms with Gasteiger partial charge in [-0.1, -0.05) is 57.2 Å². The molecule has 3 unspecified atom stereocenters. The second-order valence-corrected chi connectivity index (χ2v) is 16.5. The highest BCUT2D eigenvalue weighted by Crippen LogP contribution is 2.59. The second kappa shape index (κ2) is 13.9. The van der Waals surface area contributed by atoms with Crippen molar-refractivity contribution in [1.29, 1.82) is 0 Å². The van der Waals surface area contributed by atoms with Gasteiger partial charge in [0.15, 0.2) is 0 Å². The predicted molar refractivity (Wildman–Crippen MR) is 181 cm³/mol. The van der Waals surface area contributed by atoms with Crippen molar-refractivity contribution in [3.63, 3.8) is 0 Å². The number of halogens is 2. The monoisotopic (exact) mass is 718 g/mol. The van der Waals surface area contributed by atoms with Crippen LogP contribution in [0.25, 0.3) is 10.1 Å². The van der Waals surface area contributed by atoms with E-state index in [1.165, 1.54) is 24.0 Å². The minimum Gasteiger partial charge on any atom is -0.340 e. The predicted octanol–water partition coefficient (Wildman–Crippen LogP) is 4.74. The van der Waals surface area contributed by atoms with Gasteiger partial charge in [0.1, 0.15) is 12.1 Å². The summed E-state index contributed by atoms with van der Waals surface area (Å²) in [6.07, 6.45) is 1.71. The van der Waals surface area contributed by atoms with Crippen molar-refractivity contribution in [3.8, 4) is 0 Å². The quantitative estimate of drug-likeness (QED) is 0.299. The Morgan fingerprint density at radius 1 is 0.959 bits per heavy atom. The zero-order valence-electron chi connectivity index (χ0n) is 27.8. The molecule has 1 aromatic heterocycles. The third-order valence-corrected chi connectivity index (χ3v) is 11.3. The molecule has 3 N–H and O–H groups in total. The number of fused-ring (bicyclic) bond motifs is 1. The molecule has 3 aromatic rings. The first-order chi connectivity index (χ1) is 22.9. The van der Waals surface area contributed by atoms with Crippen LogP contribution in [-0.2, 0) is 24.6 Å². The van der Waals surface area contributed by atoms with E-state index in [1.54, 1.807) is 30.6 Å². The molecule has 0 radical (unpaired) electrons. The number of amides is 4. The van der Waals surface area contributed by atoms with Crippen molar-refractivity contribution in [2.24, 2.45) is 5.41 Å². The van der Waals surface area contributed by atoms with Crippen LogP contribution in [0.4, 0.5) is 8.78 Å². The number of piperazine rings is 1. The van der Waals surface area contributed by atoms with Gasteiger partial charge in [-0.25, -0.2) is 0 Å². The summed E-state index contributed by atoms with van der Waals surface area (Å²) in [5.74, 6) is -1.46. The molecule has 2 fully saturated rings. The maximum Gasteiger partial charge on any atom is 0.399 e. The fraction of sp³-hybridized carbons (Fsp3) is 0.471. The summed E-state index contributed by atoms with van der Waals surface area (Å²) in [6.45, 7) is 8.08. The Hall–Kier alpha value is -3.71. The summed E-state index contributed by atoms with van der Waals surface area (Å²) < 4.78 is 40.6. The summed E-state index contributed by atoms with van der Waals surface area (Å²) in [6, 6.07) is 12.3. The number of carbonyl (C=O) groups excluding carboxylic acids is 4. The third kappa shape index (κ3) is 7.72. The van der Waals surface area contributed by atoms with Crippen LogP contribution in [0.1, 0.15) is 67.3 Å². The SMILES string of the molecule is CC(=O)N1CCN(C(=O)C(NC(=O)c2cc3cc(C(F)(F)P(=O)(O)O)ccc3s2)C(C)(C)C)C(C(=O)N2CCCC(c3ccccc3)C2)C1. The van der Waals surface area contributed by atoms with E-state index in [-0.39, 0.29) is 47.6 Å². The molecule has 2 aliphatic rings. The lowest BCUT2D eigenvalue weighted by molar-refractivity contribution is -0.155. The van der Waals surface area contributed by atoms with E-state index >= 15 is 0 Å². The van der Waals surface area contributed by atoms with Crippen molar-refractivity contribution in [2.75, 3.05) is 32.7 Å². The Labute approximate surface area is 287 Å². The molecule has 3 heterocycles. The van der Waals surface area contributed by atoms with E-state index in [9.17, 15) is 32.5 Å². The van der Waals surface area contributed by atoms with Gasteiger partial charge in [-0.05, 0) is 47.4 Å². The molecule has 49 heavy (non-hydrogen) atoms. The Bertz CT molecular complexity index is 1790. The smallest absolute Gasteiger partial charge is 0.340 e. The maximum atomic E-state index is 14.4. The van der Waals surface area contributed by atoms with E-state index in [0.29, 0.717) is 17.8 Å². The lowest BCUT2D eigenvalue weighted by atomic mass is 9.85. The van der Waals surface area contributed by atoms with E-state index in [0.717, 1.165) is 41.9 Å². The van der Waals surface area contributed by atoms with Crippen LogP contribution in [0, 0.1) is 5.41 Å². The molecule has 0 saturated carbocycles. The van der Waals surface area contributed by atoms with Gasteiger partial charge < -0.3 is 29.8 Å². The van der Waals surface area contributed by atoms with E-state index < -0.39 is 48.1 Å². The van der Waals surface area contributed by atoms with E-state index in [2.05, 4.69) is 5.32 Å². The van der Waals surface area contributed by atoms with Gasteiger partial charge >= 0.3 is 13.3 Å². The van der Waals surface area contributed by atoms with Gasteiger partial charge in [0.25, 0.3) is 5.91 Å². The Kier molecular flexibility index (Phi) is 10.4. The largest absolute Gasteiger partial charge is 0.399 e. The molecule has 5 rings (SSSR count). The van der Waals surface area contributed by atoms with Crippen LogP contribution in [-0.4, -0.2) is 92.9 Å². The molecule has 2 saturated heterocycles. The van der Waals surface area contributed by atoms with Crippen LogP contribution in [0.3, 0.4) is 0 Å². The summed E-state index contributed by atoms with van der Waals surface area (Å²) in [4.78, 5) is 77.8. The molecule has 3 atom stereocenters. The summed E-state index contributed by atoms with van der Waals surface area (Å²) in [5, 5.41) is 2.99. The van der Waals surface area contributed by atoms with Crippen molar-refractivity contribution < 1.29 is 42.3 Å². The van der Waals surface area contributed by atoms with E-state index in [4.69, 9.17) is 9.79 Å². The zero-order valence-corrected chi connectivity index (χ0v) is 29.5. The van der Waals surface area contributed by atoms with Gasteiger partial charge in [-0.15, -0.1) is 11.3 Å². The highest BCUT2D eigenvalue weighted by atomic mass is 32.1. The number of piperidine rings is 1. The third-order valence-electron chi connectivity index (χ3n) is 9.24. The topological polar surface area (TPSA) is 148 Å². The average molecular weight is 719 g/mol. The van der Waals surface area contributed by atoms with Crippen LogP contribution in [0.15, 0.2) is 54.6 Å². The number of hydrogen-bond acceptors (Lipinski definition) is 6. The normalized spacial score (nSPS) is 19.9. The number of nitrogens with zero attached hydrogens (tertiary/aromatic N) is 3. The number of thiophene rings is 1. The standard InChI is InChI=1S/C34H41F2N4O7PS/c1-21(41)38-15-16-40(26(20-38)31(43)39-14-8-11-23(19-39)22-9-6-5-7-10-22)32(44)29(33(2,3)4)37-30(42)28-18-24-17-25(12-13-27(24)49-28)34(35,36)48(45,46)47/h5-7,9-10,12-13,17-18,23,26,29H,8,11,14-16,19-20H2,1-4H3,(H,37,42)(H2,45,46,47).